The predicted molar refractivity (Wildman–Crippen MR) is 66.9 cm³/mol. The summed E-state index contributed by atoms with van der Waals surface area (Å²) in [5.74, 6) is 0.218. The van der Waals surface area contributed by atoms with Crippen LogP contribution in [0.15, 0.2) is 42.5 Å². The molecule has 2 aromatic rings. The summed E-state index contributed by atoms with van der Waals surface area (Å²) in [6.45, 7) is 0. The maximum atomic E-state index is 13.1. The zero-order chi connectivity index (χ0) is 13.7. The van der Waals surface area contributed by atoms with Gasteiger partial charge in [0.1, 0.15) is 23.4 Å². The minimum absolute atomic E-state index is 0.128. The van der Waals surface area contributed by atoms with Gasteiger partial charge in [0.05, 0.1) is 18.1 Å². The SMILES string of the molecule is N#CCc1cccc(Oc2cccc(F)c2)c1C#N. The van der Waals surface area contributed by atoms with Crippen LogP contribution in [-0.4, -0.2) is 0 Å². The van der Waals surface area contributed by atoms with E-state index in [9.17, 15) is 4.39 Å². The third-order valence-electron chi connectivity index (χ3n) is 2.52. The molecular formula is C15H9FN2O. The molecule has 4 heteroatoms. The first kappa shape index (κ1) is 12.6. The average Bonchev–Trinajstić information content (AvgIpc) is 2.39. The van der Waals surface area contributed by atoms with E-state index in [0.29, 0.717) is 22.6 Å². The number of nitriles is 2. The Labute approximate surface area is 110 Å². The summed E-state index contributed by atoms with van der Waals surface area (Å²) in [7, 11) is 0. The minimum atomic E-state index is -0.413. The lowest BCUT2D eigenvalue weighted by Gasteiger charge is -2.09. The van der Waals surface area contributed by atoms with Crippen LogP contribution >= 0.6 is 0 Å². The molecule has 0 aromatic heterocycles. The van der Waals surface area contributed by atoms with Crippen molar-refractivity contribution in [3.63, 3.8) is 0 Å². The van der Waals surface area contributed by atoms with Gasteiger partial charge in [-0.15, -0.1) is 0 Å². The summed E-state index contributed by atoms with van der Waals surface area (Å²) in [6, 6.07) is 14.7. The van der Waals surface area contributed by atoms with Crippen LogP contribution in [0.1, 0.15) is 11.1 Å². The molecule has 0 heterocycles. The van der Waals surface area contributed by atoms with Crippen LogP contribution < -0.4 is 4.74 Å². The summed E-state index contributed by atoms with van der Waals surface area (Å²) in [6.07, 6.45) is 0.128. The lowest BCUT2D eigenvalue weighted by molar-refractivity contribution is 0.474. The average molecular weight is 252 g/mol. The predicted octanol–water partition coefficient (Wildman–Crippen LogP) is 3.56. The molecule has 0 bridgehead atoms. The van der Waals surface area contributed by atoms with E-state index in [4.69, 9.17) is 15.3 Å². The van der Waals surface area contributed by atoms with Gasteiger partial charge in [0, 0.05) is 6.07 Å². The van der Waals surface area contributed by atoms with E-state index in [1.165, 1.54) is 18.2 Å². The van der Waals surface area contributed by atoms with Crippen LogP contribution in [0.3, 0.4) is 0 Å². The zero-order valence-electron chi connectivity index (χ0n) is 9.93. The summed E-state index contributed by atoms with van der Waals surface area (Å²) in [4.78, 5) is 0. The van der Waals surface area contributed by atoms with E-state index in [1.54, 1.807) is 24.3 Å². The highest BCUT2D eigenvalue weighted by Gasteiger charge is 2.10. The molecule has 0 N–H and O–H groups in total. The molecule has 0 aliphatic rings. The second-order valence-electron chi connectivity index (χ2n) is 3.80. The normalized spacial score (nSPS) is 9.42. The molecule has 0 atom stereocenters. The van der Waals surface area contributed by atoms with Gasteiger partial charge in [0.2, 0.25) is 0 Å². The Balaban J connectivity index is 2.38. The number of rotatable bonds is 3. The van der Waals surface area contributed by atoms with E-state index in [0.717, 1.165) is 0 Å². The number of hydrogen-bond donors (Lipinski definition) is 0. The van der Waals surface area contributed by atoms with Gasteiger partial charge in [0.25, 0.3) is 0 Å². The fourth-order valence-electron chi connectivity index (χ4n) is 1.68. The number of nitrogens with zero attached hydrogens (tertiary/aromatic N) is 2. The molecule has 19 heavy (non-hydrogen) atoms. The number of hydrogen-bond acceptors (Lipinski definition) is 3. The smallest absolute Gasteiger partial charge is 0.145 e. The van der Waals surface area contributed by atoms with Crippen molar-refractivity contribution in [3.8, 4) is 23.6 Å². The molecule has 3 nitrogen and oxygen atoms in total. The van der Waals surface area contributed by atoms with Crippen molar-refractivity contribution in [2.24, 2.45) is 0 Å². The Kier molecular flexibility index (Phi) is 3.75. The van der Waals surface area contributed by atoms with Crippen molar-refractivity contribution in [1.29, 1.82) is 10.5 Å². The van der Waals surface area contributed by atoms with E-state index in [2.05, 4.69) is 0 Å². The molecule has 0 aliphatic carbocycles. The van der Waals surface area contributed by atoms with Crippen LogP contribution in [0.4, 0.5) is 4.39 Å². The van der Waals surface area contributed by atoms with Crippen LogP contribution in [-0.2, 0) is 6.42 Å². The molecule has 0 unspecified atom stereocenters. The summed E-state index contributed by atoms with van der Waals surface area (Å²) >= 11 is 0. The van der Waals surface area contributed by atoms with E-state index >= 15 is 0 Å². The third kappa shape index (κ3) is 2.88. The molecule has 0 fully saturated rings. The molecule has 2 rings (SSSR count). The van der Waals surface area contributed by atoms with Crippen LogP contribution in [0.5, 0.6) is 11.5 Å². The Morgan fingerprint density at radius 3 is 2.58 bits per heavy atom. The van der Waals surface area contributed by atoms with Crippen molar-refractivity contribution >= 4 is 0 Å². The zero-order valence-corrected chi connectivity index (χ0v) is 9.93. The van der Waals surface area contributed by atoms with Crippen LogP contribution in [0, 0.1) is 28.5 Å². The number of ether oxygens (including phenoxy) is 1. The molecule has 0 spiro atoms. The first-order chi connectivity index (χ1) is 9.24. The van der Waals surface area contributed by atoms with Crippen molar-refractivity contribution in [3.05, 3.63) is 59.4 Å². The Morgan fingerprint density at radius 2 is 1.89 bits per heavy atom. The maximum absolute atomic E-state index is 13.1. The summed E-state index contributed by atoms with van der Waals surface area (Å²) in [5.41, 5.74) is 0.896. The highest BCUT2D eigenvalue weighted by atomic mass is 19.1. The van der Waals surface area contributed by atoms with Gasteiger partial charge in [-0.1, -0.05) is 18.2 Å². The number of halogens is 1. The van der Waals surface area contributed by atoms with Crippen molar-refractivity contribution in [1.82, 2.24) is 0 Å². The standard InChI is InChI=1S/C15H9FN2O/c16-12-4-2-5-13(9-12)19-15-6-1-3-11(7-8-17)14(15)10-18/h1-6,9H,7H2. The summed E-state index contributed by atoms with van der Waals surface area (Å²) < 4.78 is 18.6. The van der Waals surface area contributed by atoms with Gasteiger partial charge >= 0.3 is 0 Å². The van der Waals surface area contributed by atoms with Gasteiger partial charge in [-0.25, -0.2) is 4.39 Å². The lowest BCUT2D eigenvalue weighted by Crippen LogP contribution is -1.94. The highest BCUT2D eigenvalue weighted by Crippen LogP contribution is 2.27. The lowest BCUT2D eigenvalue weighted by atomic mass is 10.1. The minimum Gasteiger partial charge on any atom is -0.456 e. The molecule has 0 aliphatic heterocycles. The second-order valence-corrected chi connectivity index (χ2v) is 3.80. The van der Waals surface area contributed by atoms with E-state index in [-0.39, 0.29) is 6.42 Å². The van der Waals surface area contributed by atoms with E-state index in [1.807, 2.05) is 12.1 Å². The Hall–Kier alpha value is -2.85. The van der Waals surface area contributed by atoms with Crippen LogP contribution in [0.25, 0.3) is 0 Å². The quantitative estimate of drug-likeness (QED) is 0.839. The molecule has 0 saturated heterocycles. The van der Waals surface area contributed by atoms with Gasteiger partial charge in [-0.3, -0.25) is 0 Å². The van der Waals surface area contributed by atoms with Gasteiger partial charge < -0.3 is 4.74 Å². The number of benzene rings is 2. The largest absolute Gasteiger partial charge is 0.456 e. The maximum Gasteiger partial charge on any atom is 0.145 e. The van der Waals surface area contributed by atoms with Crippen molar-refractivity contribution < 1.29 is 9.13 Å². The first-order valence-corrected chi connectivity index (χ1v) is 5.57. The first-order valence-electron chi connectivity index (χ1n) is 5.57. The van der Waals surface area contributed by atoms with Gasteiger partial charge in [-0.05, 0) is 23.8 Å². The fourth-order valence-corrected chi connectivity index (χ4v) is 1.68. The second kappa shape index (κ2) is 5.66. The Morgan fingerprint density at radius 1 is 1.11 bits per heavy atom. The molecule has 2 aromatic carbocycles. The molecule has 0 radical (unpaired) electrons. The molecular weight excluding hydrogens is 243 g/mol. The molecule has 0 amide bonds. The topological polar surface area (TPSA) is 56.8 Å². The van der Waals surface area contributed by atoms with Gasteiger partial charge in [-0.2, -0.15) is 10.5 Å². The fraction of sp³-hybridized carbons (Fsp3) is 0.0667. The third-order valence-corrected chi connectivity index (χ3v) is 2.52. The molecule has 0 saturated carbocycles. The van der Waals surface area contributed by atoms with E-state index < -0.39 is 5.82 Å². The van der Waals surface area contributed by atoms with Crippen molar-refractivity contribution in [2.45, 2.75) is 6.42 Å². The van der Waals surface area contributed by atoms with Gasteiger partial charge in [0.15, 0.2) is 0 Å². The van der Waals surface area contributed by atoms with Crippen LogP contribution in [0.2, 0.25) is 0 Å². The monoisotopic (exact) mass is 252 g/mol. The summed E-state index contributed by atoms with van der Waals surface area (Å²) in [5, 5.41) is 17.9. The Bertz CT molecular complexity index is 683. The highest BCUT2D eigenvalue weighted by molar-refractivity contribution is 5.51. The van der Waals surface area contributed by atoms with Crippen molar-refractivity contribution in [2.75, 3.05) is 0 Å². The molecule has 92 valence electrons.